The van der Waals surface area contributed by atoms with E-state index < -0.39 is 0 Å². The minimum absolute atomic E-state index is 0.213. The molecule has 0 saturated carbocycles. The minimum Gasteiger partial charge on any atom is -0.280 e. The van der Waals surface area contributed by atoms with Gasteiger partial charge in [-0.2, -0.15) is 5.10 Å². The van der Waals surface area contributed by atoms with Crippen molar-refractivity contribution in [1.29, 1.82) is 0 Å². The van der Waals surface area contributed by atoms with E-state index in [4.69, 9.17) is 5.10 Å². The van der Waals surface area contributed by atoms with E-state index in [1.807, 2.05) is 11.8 Å². The third-order valence-electron chi connectivity index (χ3n) is 2.98. The van der Waals surface area contributed by atoms with Crippen molar-refractivity contribution >= 4 is 16.8 Å². The third kappa shape index (κ3) is 1.67. The van der Waals surface area contributed by atoms with E-state index in [2.05, 4.69) is 32.7 Å². The molecule has 2 heterocycles. The Morgan fingerprint density at radius 3 is 2.64 bits per heavy atom. The molecule has 2 aliphatic rings. The van der Waals surface area contributed by atoms with Gasteiger partial charge in [0.05, 0.1) is 0 Å². The Balaban J connectivity index is 2.20. The monoisotopic (exact) mass is 212 g/mol. The molecule has 0 amide bonds. The van der Waals surface area contributed by atoms with Crippen molar-refractivity contribution in [2.75, 3.05) is 6.54 Å². The molecule has 0 spiro atoms. The number of rotatable bonds is 0. The Bertz CT molecular complexity index is 267. The lowest BCUT2D eigenvalue weighted by Gasteiger charge is -2.37. The minimum atomic E-state index is 0.213. The van der Waals surface area contributed by atoms with Crippen molar-refractivity contribution in [2.24, 2.45) is 10.5 Å². The highest BCUT2D eigenvalue weighted by Gasteiger charge is 2.43. The summed E-state index contributed by atoms with van der Waals surface area (Å²) in [6.07, 6.45) is 3.94. The number of fused-ring (bicyclic) bond motifs is 1. The molecule has 2 rings (SSSR count). The maximum Gasteiger partial charge on any atom is 0.106 e. The lowest BCUT2D eigenvalue weighted by Crippen LogP contribution is -2.40. The highest BCUT2D eigenvalue weighted by atomic mass is 32.2. The van der Waals surface area contributed by atoms with Crippen molar-refractivity contribution < 1.29 is 0 Å². The van der Waals surface area contributed by atoms with Crippen LogP contribution in [0.15, 0.2) is 5.10 Å². The zero-order chi connectivity index (χ0) is 10.4. The third-order valence-corrected chi connectivity index (χ3v) is 4.72. The van der Waals surface area contributed by atoms with Crippen molar-refractivity contribution in [3.05, 3.63) is 0 Å². The number of piperidine rings is 1. The highest BCUT2D eigenvalue weighted by molar-refractivity contribution is 8.15. The second kappa shape index (κ2) is 3.16. The smallest absolute Gasteiger partial charge is 0.106 e. The first-order valence-electron chi connectivity index (χ1n) is 5.48. The summed E-state index contributed by atoms with van der Waals surface area (Å²) >= 11 is 1.98. The lowest BCUT2D eigenvalue weighted by atomic mass is 9.99. The predicted octanol–water partition coefficient (Wildman–Crippen LogP) is 3.29. The standard InChI is InChI=1S/C11H20N2S/c1-10(2,3)9-12-13-8-6-5-7-11(13,4)14-9/h5-8H2,1-4H3. The molecule has 2 aliphatic heterocycles. The van der Waals surface area contributed by atoms with Gasteiger partial charge in [0, 0.05) is 12.0 Å². The normalized spacial score (nSPS) is 32.9. The molecule has 1 fully saturated rings. The molecule has 1 atom stereocenters. The van der Waals surface area contributed by atoms with Gasteiger partial charge in [0.2, 0.25) is 0 Å². The summed E-state index contributed by atoms with van der Waals surface area (Å²) in [5, 5.41) is 8.38. The first-order valence-corrected chi connectivity index (χ1v) is 6.29. The van der Waals surface area contributed by atoms with E-state index in [0.717, 1.165) is 6.54 Å². The molecule has 80 valence electrons. The van der Waals surface area contributed by atoms with Crippen LogP contribution in [0.4, 0.5) is 0 Å². The van der Waals surface area contributed by atoms with Crippen molar-refractivity contribution in [2.45, 2.75) is 51.8 Å². The van der Waals surface area contributed by atoms with E-state index in [0.29, 0.717) is 0 Å². The Hall–Kier alpha value is -0.180. The number of thioether (sulfide) groups is 1. The maximum absolute atomic E-state index is 4.77. The fraction of sp³-hybridized carbons (Fsp3) is 0.909. The van der Waals surface area contributed by atoms with Crippen molar-refractivity contribution in [1.82, 2.24) is 5.01 Å². The van der Waals surface area contributed by atoms with Gasteiger partial charge in [-0.05, 0) is 26.2 Å². The number of hydrogen-bond acceptors (Lipinski definition) is 3. The zero-order valence-corrected chi connectivity index (χ0v) is 10.4. The molecule has 0 aromatic carbocycles. The summed E-state index contributed by atoms with van der Waals surface area (Å²) in [5.41, 5.74) is 0.213. The summed E-state index contributed by atoms with van der Waals surface area (Å²) in [5.74, 6) is 0. The molecule has 0 aromatic heterocycles. The van der Waals surface area contributed by atoms with Gasteiger partial charge in [-0.25, -0.2) is 0 Å². The van der Waals surface area contributed by atoms with Gasteiger partial charge in [0.25, 0.3) is 0 Å². The lowest BCUT2D eigenvalue weighted by molar-refractivity contribution is 0.147. The van der Waals surface area contributed by atoms with Crippen LogP contribution in [0, 0.1) is 5.41 Å². The topological polar surface area (TPSA) is 15.6 Å². The first kappa shape index (κ1) is 10.3. The zero-order valence-electron chi connectivity index (χ0n) is 9.63. The van der Waals surface area contributed by atoms with Crippen LogP contribution in [0.3, 0.4) is 0 Å². The molecule has 14 heavy (non-hydrogen) atoms. The summed E-state index contributed by atoms with van der Waals surface area (Å²) < 4.78 is 0. The molecule has 0 aliphatic carbocycles. The maximum atomic E-state index is 4.77. The van der Waals surface area contributed by atoms with Crippen LogP contribution in [0.5, 0.6) is 0 Å². The summed E-state index contributed by atoms with van der Waals surface area (Å²) in [7, 11) is 0. The van der Waals surface area contributed by atoms with E-state index in [9.17, 15) is 0 Å². The van der Waals surface area contributed by atoms with E-state index in [1.165, 1.54) is 24.3 Å². The predicted molar refractivity (Wildman–Crippen MR) is 63.4 cm³/mol. The fourth-order valence-corrected chi connectivity index (χ4v) is 3.33. The SMILES string of the molecule is CC(C)(C)C1=NN2CCCCC2(C)S1. The first-order chi connectivity index (χ1) is 6.42. The van der Waals surface area contributed by atoms with Crippen LogP contribution in [0.25, 0.3) is 0 Å². The van der Waals surface area contributed by atoms with Crippen molar-refractivity contribution in [3.63, 3.8) is 0 Å². The molecular weight excluding hydrogens is 192 g/mol. The van der Waals surface area contributed by atoms with Crippen LogP contribution in [-0.4, -0.2) is 21.5 Å². The van der Waals surface area contributed by atoms with Gasteiger partial charge in [0.1, 0.15) is 9.91 Å². The Kier molecular flexibility index (Phi) is 2.33. The second-order valence-electron chi connectivity index (χ2n) is 5.51. The van der Waals surface area contributed by atoms with Gasteiger partial charge in [0.15, 0.2) is 0 Å². The summed E-state index contributed by atoms with van der Waals surface area (Å²) in [6, 6.07) is 0. The molecule has 2 nitrogen and oxygen atoms in total. The van der Waals surface area contributed by atoms with Gasteiger partial charge in [-0.15, -0.1) is 0 Å². The van der Waals surface area contributed by atoms with Gasteiger partial charge in [-0.3, -0.25) is 5.01 Å². The van der Waals surface area contributed by atoms with E-state index in [1.54, 1.807) is 0 Å². The molecule has 0 bridgehead atoms. The number of nitrogens with zero attached hydrogens (tertiary/aromatic N) is 2. The molecule has 1 unspecified atom stereocenters. The molecule has 0 radical (unpaired) electrons. The number of hydrazone groups is 1. The summed E-state index contributed by atoms with van der Waals surface area (Å²) in [4.78, 5) is 0.265. The van der Waals surface area contributed by atoms with Crippen LogP contribution < -0.4 is 0 Å². The molecule has 0 N–H and O–H groups in total. The van der Waals surface area contributed by atoms with Crippen LogP contribution in [0.1, 0.15) is 47.0 Å². The van der Waals surface area contributed by atoms with E-state index >= 15 is 0 Å². The highest BCUT2D eigenvalue weighted by Crippen LogP contribution is 2.47. The molecular formula is C11H20N2S. The Labute approximate surface area is 91.1 Å². The van der Waals surface area contributed by atoms with E-state index in [-0.39, 0.29) is 10.3 Å². The quantitative estimate of drug-likeness (QED) is 0.612. The fourth-order valence-electron chi connectivity index (χ4n) is 1.98. The van der Waals surface area contributed by atoms with Crippen molar-refractivity contribution in [3.8, 4) is 0 Å². The molecule has 0 aromatic rings. The number of hydrogen-bond donors (Lipinski definition) is 0. The largest absolute Gasteiger partial charge is 0.280 e. The molecule has 3 heteroatoms. The van der Waals surface area contributed by atoms with Gasteiger partial charge < -0.3 is 0 Å². The average molecular weight is 212 g/mol. The van der Waals surface area contributed by atoms with Gasteiger partial charge >= 0.3 is 0 Å². The summed E-state index contributed by atoms with van der Waals surface area (Å²) in [6.45, 7) is 10.2. The molecule has 1 saturated heterocycles. The van der Waals surface area contributed by atoms with Gasteiger partial charge in [-0.1, -0.05) is 32.5 Å². The van der Waals surface area contributed by atoms with Crippen LogP contribution in [-0.2, 0) is 0 Å². The Morgan fingerprint density at radius 2 is 2.07 bits per heavy atom. The van der Waals surface area contributed by atoms with Crippen LogP contribution in [0.2, 0.25) is 0 Å². The van der Waals surface area contributed by atoms with Crippen LogP contribution >= 0.6 is 11.8 Å². The Morgan fingerprint density at radius 1 is 1.36 bits per heavy atom. The average Bonchev–Trinajstić information content (AvgIpc) is 2.40. The second-order valence-corrected chi connectivity index (χ2v) is 6.98.